The van der Waals surface area contributed by atoms with Crippen LogP contribution >= 0.6 is 0 Å². The molecule has 4 nitrogen and oxygen atoms in total. The third-order valence-electron chi connectivity index (χ3n) is 2.40. The summed E-state index contributed by atoms with van der Waals surface area (Å²) in [4.78, 5) is 11.2. The number of rotatable bonds is 2. The monoisotopic (exact) mass is 202 g/mol. The van der Waals surface area contributed by atoms with Crippen molar-refractivity contribution < 1.29 is 9.53 Å². The van der Waals surface area contributed by atoms with Gasteiger partial charge < -0.3 is 10.1 Å². The molecule has 0 saturated heterocycles. The first-order valence-corrected chi connectivity index (χ1v) is 4.61. The van der Waals surface area contributed by atoms with E-state index in [0.717, 1.165) is 16.8 Å². The van der Waals surface area contributed by atoms with E-state index in [1.807, 2.05) is 6.07 Å². The summed E-state index contributed by atoms with van der Waals surface area (Å²) in [6, 6.07) is 5.69. The average molecular weight is 202 g/mol. The molecule has 76 valence electrons. The van der Waals surface area contributed by atoms with E-state index in [9.17, 15) is 4.79 Å². The minimum atomic E-state index is -0.0301. The predicted octanol–water partition coefficient (Wildman–Crippen LogP) is 1.26. The molecule has 0 saturated carbocycles. The topological polar surface area (TPSA) is 62.1 Å². The second kappa shape index (κ2) is 3.62. The maximum Gasteiger partial charge on any atom is 0.228 e. The van der Waals surface area contributed by atoms with E-state index >= 15 is 0 Å². The van der Waals surface area contributed by atoms with Gasteiger partial charge in [0.15, 0.2) is 0 Å². The Balaban J connectivity index is 2.50. The van der Waals surface area contributed by atoms with Crippen molar-refractivity contribution in [3.8, 4) is 11.8 Å². The summed E-state index contributed by atoms with van der Waals surface area (Å²) < 4.78 is 5.11. The first kappa shape index (κ1) is 9.53. The quantitative estimate of drug-likeness (QED) is 0.785. The number of methoxy groups -OCH3 is 1. The summed E-state index contributed by atoms with van der Waals surface area (Å²) in [6.45, 7) is 0. The Labute approximate surface area is 87.5 Å². The van der Waals surface area contributed by atoms with Crippen molar-refractivity contribution in [2.24, 2.45) is 0 Å². The summed E-state index contributed by atoms with van der Waals surface area (Å²) in [5.74, 6) is 0.660. The van der Waals surface area contributed by atoms with E-state index in [4.69, 9.17) is 10.00 Å². The first-order valence-electron chi connectivity index (χ1n) is 4.61. The summed E-state index contributed by atoms with van der Waals surface area (Å²) >= 11 is 0. The van der Waals surface area contributed by atoms with Crippen LogP contribution in [0.4, 0.5) is 5.69 Å². The van der Waals surface area contributed by atoms with Crippen LogP contribution < -0.4 is 10.1 Å². The van der Waals surface area contributed by atoms with Crippen LogP contribution in [0.15, 0.2) is 12.1 Å². The summed E-state index contributed by atoms with van der Waals surface area (Å²) in [5, 5.41) is 11.4. The second-order valence-corrected chi connectivity index (χ2v) is 3.38. The molecule has 1 aromatic rings. The fraction of sp³-hybridized carbons (Fsp3) is 0.273. The molecule has 0 unspecified atom stereocenters. The lowest BCUT2D eigenvalue weighted by atomic mass is 10.0. The van der Waals surface area contributed by atoms with Gasteiger partial charge in [0.25, 0.3) is 0 Å². The molecule has 1 aliphatic heterocycles. The van der Waals surface area contributed by atoms with Crippen LogP contribution in [-0.4, -0.2) is 13.0 Å². The van der Waals surface area contributed by atoms with E-state index in [-0.39, 0.29) is 12.3 Å². The third kappa shape index (κ3) is 1.64. The Kier molecular flexibility index (Phi) is 2.30. The van der Waals surface area contributed by atoms with Gasteiger partial charge in [-0.15, -0.1) is 0 Å². The SMILES string of the molecule is COc1cc(CC#N)c2c(c1)CC(=O)N2. The number of amides is 1. The summed E-state index contributed by atoms with van der Waals surface area (Å²) in [5.41, 5.74) is 2.50. The minimum Gasteiger partial charge on any atom is -0.497 e. The number of nitriles is 1. The molecule has 0 radical (unpaired) electrons. The molecule has 1 heterocycles. The van der Waals surface area contributed by atoms with Crippen LogP contribution in [0.2, 0.25) is 0 Å². The first-order chi connectivity index (χ1) is 7.24. The number of carbonyl (C=O) groups is 1. The van der Waals surface area contributed by atoms with E-state index in [1.54, 1.807) is 13.2 Å². The van der Waals surface area contributed by atoms with Crippen molar-refractivity contribution in [2.45, 2.75) is 12.8 Å². The van der Waals surface area contributed by atoms with Crippen molar-refractivity contribution in [3.05, 3.63) is 23.3 Å². The highest BCUT2D eigenvalue weighted by Gasteiger charge is 2.21. The zero-order valence-corrected chi connectivity index (χ0v) is 8.33. The molecule has 15 heavy (non-hydrogen) atoms. The lowest BCUT2D eigenvalue weighted by Gasteiger charge is -2.07. The van der Waals surface area contributed by atoms with Gasteiger partial charge in [0.1, 0.15) is 5.75 Å². The summed E-state index contributed by atoms with van der Waals surface area (Å²) in [6.07, 6.45) is 0.644. The van der Waals surface area contributed by atoms with Gasteiger partial charge in [-0.1, -0.05) is 0 Å². The zero-order valence-electron chi connectivity index (χ0n) is 8.33. The normalized spacial score (nSPS) is 12.9. The number of hydrogen-bond acceptors (Lipinski definition) is 3. The number of nitrogens with zero attached hydrogens (tertiary/aromatic N) is 1. The van der Waals surface area contributed by atoms with Crippen molar-refractivity contribution in [2.75, 3.05) is 12.4 Å². The van der Waals surface area contributed by atoms with Gasteiger partial charge in [0.05, 0.1) is 26.0 Å². The number of nitrogens with one attached hydrogen (secondary N) is 1. The van der Waals surface area contributed by atoms with Crippen LogP contribution in [-0.2, 0) is 17.6 Å². The Morgan fingerprint density at radius 2 is 2.40 bits per heavy atom. The minimum absolute atomic E-state index is 0.0301. The van der Waals surface area contributed by atoms with E-state index in [0.29, 0.717) is 12.2 Å². The van der Waals surface area contributed by atoms with Crippen molar-refractivity contribution in [3.63, 3.8) is 0 Å². The van der Waals surface area contributed by atoms with Gasteiger partial charge in [0.2, 0.25) is 5.91 Å². The average Bonchev–Trinajstić information content (AvgIpc) is 2.58. The highest BCUT2D eigenvalue weighted by molar-refractivity contribution is 6.00. The molecule has 0 aliphatic carbocycles. The maximum absolute atomic E-state index is 11.2. The number of ether oxygens (including phenoxy) is 1. The van der Waals surface area contributed by atoms with Gasteiger partial charge in [-0.2, -0.15) is 5.26 Å². The largest absolute Gasteiger partial charge is 0.497 e. The molecule has 4 heteroatoms. The fourth-order valence-electron chi connectivity index (χ4n) is 1.73. The zero-order chi connectivity index (χ0) is 10.8. The molecule has 1 N–H and O–H groups in total. The van der Waals surface area contributed by atoms with Gasteiger partial charge in [0, 0.05) is 5.69 Å². The van der Waals surface area contributed by atoms with Gasteiger partial charge in [-0.3, -0.25) is 4.79 Å². The third-order valence-corrected chi connectivity index (χ3v) is 2.40. The predicted molar refractivity (Wildman–Crippen MR) is 54.6 cm³/mol. The molecule has 0 spiro atoms. The van der Waals surface area contributed by atoms with Crippen LogP contribution in [0.3, 0.4) is 0 Å². The Morgan fingerprint density at radius 1 is 1.60 bits per heavy atom. The van der Waals surface area contributed by atoms with Crippen molar-refractivity contribution in [1.82, 2.24) is 0 Å². The molecular formula is C11H10N2O2. The van der Waals surface area contributed by atoms with Gasteiger partial charge >= 0.3 is 0 Å². The molecular weight excluding hydrogens is 192 g/mol. The van der Waals surface area contributed by atoms with E-state index in [2.05, 4.69) is 11.4 Å². The number of carbonyl (C=O) groups excluding carboxylic acids is 1. The van der Waals surface area contributed by atoms with Gasteiger partial charge in [-0.25, -0.2) is 0 Å². The second-order valence-electron chi connectivity index (χ2n) is 3.38. The Bertz CT molecular complexity index is 460. The number of fused-ring (bicyclic) bond motifs is 1. The lowest BCUT2D eigenvalue weighted by molar-refractivity contribution is -0.115. The highest BCUT2D eigenvalue weighted by Crippen LogP contribution is 2.31. The van der Waals surface area contributed by atoms with Crippen LogP contribution in [0.25, 0.3) is 0 Å². The molecule has 1 amide bonds. The van der Waals surface area contributed by atoms with Gasteiger partial charge in [-0.05, 0) is 23.3 Å². The molecule has 1 aliphatic rings. The van der Waals surface area contributed by atoms with E-state index < -0.39 is 0 Å². The van der Waals surface area contributed by atoms with Crippen molar-refractivity contribution >= 4 is 11.6 Å². The lowest BCUT2D eigenvalue weighted by Crippen LogP contribution is -2.04. The van der Waals surface area contributed by atoms with Crippen LogP contribution in [0, 0.1) is 11.3 Å². The fourth-order valence-corrected chi connectivity index (χ4v) is 1.73. The van der Waals surface area contributed by atoms with Crippen LogP contribution in [0.5, 0.6) is 5.75 Å². The molecule has 1 aromatic carbocycles. The molecule has 0 fully saturated rings. The number of anilines is 1. The Hall–Kier alpha value is -2.02. The highest BCUT2D eigenvalue weighted by atomic mass is 16.5. The number of benzene rings is 1. The smallest absolute Gasteiger partial charge is 0.228 e. The summed E-state index contributed by atoms with van der Waals surface area (Å²) in [7, 11) is 1.57. The van der Waals surface area contributed by atoms with Crippen LogP contribution in [0.1, 0.15) is 11.1 Å². The molecule has 0 bridgehead atoms. The molecule has 0 atom stereocenters. The van der Waals surface area contributed by atoms with E-state index in [1.165, 1.54) is 0 Å². The Morgan fingerprint density at radius 3 is 3.07 bits per heavy atom. The standard InChI is InChI=1S/C11H10N2O2/c1-15-9-4-7(2-3-12)11-8(5-9)6-10(14)13-11/h4-5H,2,6H2,1H3,(H,13,14). The number of hydrogen-bond donors (Lipinski definition) is 1. The maximum atomic E-state index is 11.2. The molecule has 2 rings (SSSR count). The molecule has 0 aromatic heterocycles. The van der Waals surface area contributed by atoms with Crippen molar-refractivity contribution in [1.29, 1.82) is 5.26 Å².